The molecule has 2 aromatic rings. The van der Waals surface area contributed by atoms with Crippen LogP contribution in [0.3, 0.4) is 0 Å². The van der Waals surface area contributed by atoms with E-state index in [-0.39, 0.29) is 11.3 Å². The lowest BCUT2D eigenvalue weighted by atomic mass is 9.80. The summed E-state index contributed by atoms with van der Waals surface area (Å²) in [5.41, 5.74) is 2.22. The van der Waals surface area contributed by atoms with Crippen LogP contribution in [0.2, 0.25) is 0 Å². The van der Waals surface area contributed by atoms with E-state index in [1.165, 1.54) is 64.2 Å². The number of halogens is 3. The molecule has 2 aliphatic rings. The molecule has 216 valence electrons. The number of rotatable bonds is 17. The molecular weight excluding hydrogens is 491 g/mol. The van der Waals surface area contributed by atoms with Crippen molar-refractivity contribution in [1.82, 2.24) is 4.98 Å². The van der Waals surface area contributed by atoms with Gasteiger partial charge in [-0.15, -0.1) is 0 Å². The lowest BCUT2D eigenvalue weighted by Gasteiger charge is -2.26. The van der Waals surface area contributed by atoms with Crippen molar-refractivity contribution >= 4 is 0 Å². The van der Waals surface area contributed by atoms with Crippen LogP contribution in [0.25, 0.3) is 11.3 Å². The van der Waals surface area contributed by atoms with Crippen molar-refractivity contribution in [2.24, 2.45) is 17.8 Å². The molecule has 1 nitrogen and oxygen atoms in total. The number of hydrogen-bond acceptors (Lipinski definition) is 1. The predicted molar refractivity (Wildman–Crippen MR) is 156 cm³/mol. The quantitative estimate of drug-likeness (QED) is 0.143. The number of benzene rings is 1. The lowest BCUT2D eigenvalue weighted by Crippen LogP contribution is -2.17. The van der Waals surface area contributed by atoms with Crippen LogP contribution in [0.15, 0.2) is 18.2 Å². The number of pyridine rings is 1. The van der Waals surface area contributed by atoms with E-state index < -0.39 is 17.6 Å². The normalized spacial score (nSPS) is 17.8. The summed E-state index contributed by atoms with van der Waals surface area (Å²) >= 11 is 0. The van der Waals surface area contributed by atoms with Gasteiger partial charge in [-0.1, -0.05) is 110 Å². The zero-order valence-corrected chi connectivity index (χ0v) is 24.5. The Morgan fingerprint density at radius 1 is 0.821 bits per heavy atom. The van der Waals surface area contributed by atoms with E-state index in [2.05, 4.69) is 18.8 Å². The van der Waals surface area contributed by atoms with Crippen molar-refractivity contribution in [2.75, 3.05) is 0 Å². The first-order valence-corrected chi connectivity index (χ1v) is 16.1. The second-order valence-corrected chi connectivity index (χ2v) is 12.7. The summed E-state index contributed by atoms with van der Waals surface area (Å²) in [4.78, 5) is 4.06. The molecule has 1 aromatic heterocycles. The first-order valence-electron chi connectivity index (χ1n) is 16.1. The SMILES string of the molecule is CCC(C)CCCCc1ccc(-c2cc3c(c(F)c2F)CC(CCCCCCCCCC2CC2)CC3)nc1F. The molecule has 0 N–H and O–H groups in total. The van der Waals surface area contributed by atoms with Crippen LogP contribution in [-0.4, -0.2) is 4.98 Å². The summed E-state index contributed by atoms with van der Waals surface area (Å²) in [6.07, 6.45) is 21.9. The minimum atomic E-state index is -0.885. The molecule has 1 heterocycles. The lowest BCUT2D eigenvalue weighted by molar-refractivity contribution is 0.388. The number of aromatic nitrogens is 1. The standard InChI is InChI=1S/C35H50F3N/c1-3-25(2)13-11-12-16-28-21-22-32(39-35(28)38)31-24-29-20-19-27(23-30(29)33(36)34(31)37)15-10-8-6-4-5-7-9-14-26-17-18-26/h21-22,24-27H,3-20,23H2,1-2H3. The summed E-state index contributed by atoms with van der Waals surface area (Å²) in [6, 6.07) is 5.07. The third kappa shape index (κ3) is 9.08. The molecule has 39 heavy (non-hydrogen) atoms. The Morgan fingerprint density at radius 2 is 1.51 bits per heavy atom. The van der Waals surface area contributed by atoms with E-state index in [1.54, 1.807) is 18.2 Å². The maximum atomic E-state index is 15.2. The van der Waals surface area contributed by atoms with Crippen molar-refractivity contribution in [3.8, 4) is 11.3 Å². The maximum Gasteiger partial charge on any atom is 0.216 e. The zero-order valence-electron chi connectivity index (χ0n) is 24.5. The van der Waals surface area contributed by atoms with E-state index in [9.17, 15) is 4.39 Å². The van der Waals surface area contributed by atoms with Crippen molar-refractivity contribution in [2.45, 2.75) is 136 Å². The highest BCUT2D eigenvalue weighted by Gasteiger charge is 2.26. The first-order chi connectivity index (χ1) is 19.0. The summed E-state index contributed by atoms with van der Waals surface area (Å²) in [7, 11) is 0. The molecule has 4 rings (SSSR count). The summed E-state index contributed by atoms with van der Waals surface area (Å²) < 4.78 is 45.2. The van der Waals surface area contributed by atoms with Gasteiger partial charge in [-0.2, -0.15) is 4.39 Å². The summed E-state index contributed by atoms with van der Waals surface area (Å²) in [5, 5.41) is 0. The average molecular weight is 542 g/mol. The average Bonchev–Trinajstić information content (AvgIpc) is 3.77. The fraction of sp³-hybridized carbons (Fsp3) is 0.686. The van der Waals surface area contributed by atoms with Crippen molar-refractivity contribution < 1.29 is 13.2 Å². The molecule has 0 bridgehead atoms. The monoisotopic (exact) mass is 541 g/mol. The van der Waals surface area contributed by atoms with Crippen molar-refractivity contribution in [3.63, 3.8) is 0 Å². The molecule has 0 spiro atoms. The molecule has 0 saturated heterocycles. The van der Waals surface area contributed by atoms with E-state index >= 15 is 8.78 Å². The highest BCUT2D eigenvalue weighted by molar-refractivity contribution is 5.63. The fourth-order valence-corrected chi connectivity index (χ4v) is 6.31. The van der Waals surface area contributed by atoms with Crippen LogP contribution in [-0.2, 0) is 19.3 Å². The van der Waals surface area contributed by atoms with Gasteiger partial charge in [-0.05, 0) is 73.1 Å². The second kappa shape index (κ2) is 15.2. The second-order valence-electron chi connectivity index (χ2n) is 12.7. The Bertz CT molecular complexity index is 1040. The molecule has 0 amide bonds. The Morgan fingerprint density at radius 3 is 2.18 bits per heavy atom. The Labute approximate surface area is 235 Å². The van der Waals surface area contributed by atoms with Gasteiger partial charge < -0.3 is 0 Å². The molecular formula is C35H50F3N. The van der Waals surface area contributed by atoms with Gasteiger partial charge >= 0.3 is 0 Å². The maximum absolute atomic E-state index is 15.2. The van der Waals surface area contributed by atoms with Crippen LogP contribution < -0.4 is 0 Å². The number of hydrogen-bond donors (Lipinski definition) is 0. The minimum absolute atomic E-state index is 0.0871. The van der Waals surface area contributed by atoms with Crippen molar-refractivity contribution in [1.29, 1.82) is 0 Å². The van der Waals surface area contributed by atoms with Gasteiger partial charge in [0.05, 0.1) is 5.69 Å². The van der Waals surface area contributed by atoms with Gasteiger partial charge in [0.1, 0.15) is 0 Å². The largest absolute Gasteiger partial charge is 0.219 e. The topological polar surface area (TPSA) is 12.9 Å². The Hall–Kier alpha value is -1.84. The Balaban J connectivity index is 1.25. The molecule has 4 heteroatoms. The molecule has 2 aliphatic carbocycles. The van der Waals surface area contributed by atoms with Crippen LogP contribution in [0.1, 0.15) is 133 Å². The number of unbranched alkanes of at least 4 members (excludes halogenated alkanes) is 7. The van der Waals surface area contributed by atoms with E-state index in [0.717, 1.165) is 56.4 Å². The number of fused-ring (bicyclic) bond motifs is 1. The molecule has 2 atom stereocenters. The van der Waals surface area contributed by atoms with Crippen LogP contribution in [0.4, 0.5) is 13.2 Å². The highest BCUT2D eigenvalue weighted by Crippen LogP contribution is 2.36. The molecule has 1 saturated carbocycles. The summed E-state index contributed by atoms with van der Waals surface area (Å²) in [5.74, 6) is -0.0363. The third-order valence-corrected chi connectivity index (χ3v) is 9.43. The van der Waals surface area contributed by atoms with Gasteiger partial charge in [-0.3, -0.25) is 0 Å². The predicted octanol–water partition coefficient (Wildman–Crippen LogP) is 11.0. The number of nitrogens with zero attached hydrogens (tertiary/aromatic N) is 1. The summed E-state index contributed by atoms with van der Waals surface area (Å²) in [6.45, 7) is 4.43. The van der Waals surface area contributed by atoms with Gasteiger partial charge in [0, 0.05) is 11.1 Å². The fourth-order valence-electron chi connectivity index (χ4n) is 6.31. The molecule has 1 fully saturated rings. The third-order valence-electron chi connectivity index (χ3n) is 9.43. The Kier molecular flexibility index (Phi) is 11.8. The van der Waals surface area contributed by atoms with E-state index in [4.69, 9.17) is 0 Å². The molecule has 1 aromatic carbocycles. The van der Waals surface area contributed by atoms with Crippen LogP contribution >= 0.6 is 0 Å². The van der Waals surface area contributed by atoms with E-state index in [0.29, 0.717) is 35.8 Å². The van der Waals surface area contributed by atoms with Gasteiger partial charge in [0.2, 0.25) is 5.95 Å². The molecule has 2 unspecified atom stereocenters. The first kappa shape index (κ1) is 30.1. The van der Waals surface area contributed by atoms with Gasteiger partial charge in [0.25, 0.3) is 0 Å². The number of aryl methyl sites for hydroxylation is 2. The highest BCUT2D eigenvalue weighted by atomic mass is 19.2. The van der Waals surface area contributed by atoms with Gasteiger partial charge in [-0.25, -0.2) is 13.8 Å². The van der Waals surface area contributed by atoms with Crippen LogP contribution in [0, 0.1) is 35.3 Å². The van der Waals surface area contributed by atoms with Gasteiger partial charge in [0.15, 0.2) is 11.6 Å². The van der Waals surface area contributed by atoms with E-state index in [1.807, 2.05) is 0 Å². The smallest absolute Gasteiger partial charge is 0.216 e. The molecule has 0 aliphatic heterocycles. The zero-order chi connectivity index (χ0) is 27.6. The minimum Gasteiger partial charge on any atom is -0.219 e. The molecule has 0 radical (unpaired) electrons. The van der Waals surface area contributed by atoms with Crippen LogP contribution in [0.5, 0.6) is 0 Å². The van der Waals surface area contributed by atoms with Crippen molar-refractivity contribution in [3.05, 3.63) is 52.5 Å².